The predicted octanol–water partition coefficient (Wildman–Crippen LogP) is -2.68. The fourth-order valence-electron chi connectivity index (χ4n) is 0. The summed E-state index contributed by atoms with van der Waals surface area (Å²) in [7, 11) is -2.86. The fourth-order valence-corrected chi connectivity index (χ4v) is 0. The molecule has 0 spiro atoms. The Morgan fingerprint density at radius 1 is 1.33 bits per heavy atom. The Balaban J connectivity index is -0.0000000720. The Hall–Kier alpha value is -0.197. The first-order valence-electron chi connectivity index (χ1n) is 1.13. The Morgan fingerprint density at radius 2 is 1.33 bits per heavy atom. The minimum atomic E-state index is -2.86. The molecule has 0 aliphatic heterocycles. The van der Waals surface area contributed by atoms with Gasteiger partial charge in [0.25, 0.3) is 0 Å². The van der Waals surface area contributed by atoms with Gasteiger partial charge in [-0.15, -0.1) is 0 Å². The summed E-state index contributed by atoms with van der Waals surface area (Å²) in [6.07, 6.45) is -2.33. The quantitative estimate of drug-likeness (QED) is 0.200. The second-order valence-electron chi connectivity index (χ2n) is 0.467. The first kappa shape index (κ1) is 15.9. The van der Waals surface area contributed by atoms with Crippen LogP contribution in [-0.2, 0) is 38.9 Å². The van der Waals surface area contributed by atoms with E-state index in [0.717, 1.165) is 0 Å². The molecule has 0 saturated carbocycles. The van der Waals surface area contributed by atoms with Crippen LogP contribution < -0.4 is 10.2 Å². The van der Waals surface area contributed by atoms with Gasteiger partial charge in [0.05, 0.1) is 0 Å². The molecule has 8 heteroatoms. The maximum absolute atomic E-state index is 8.56. The molecule has 0 rings (SSSR count). The zero-order valence-corrected chi connectivity index (χ0v) is 7.89. The van der Waals surface area contributed by atoms with Crippen molar-refractivity contribution < 1.29 is 47.5 Å². The minimum Gasteiger partial charge on any atom is -0.652 e. The molecule has 0 aromatic rings. The predicted molar refractivity (Wildman–Crippen MR) is 16.8 cm³/mol. The van der Waals surface area contributed by atoms with E-state index >= 15 is 0 Å². The van der Waals surface area contributed by atoms with E-state index in [2.05, 4.69) is 0 Å². The minimum absolute atomic E-state index is 0. The maximum atomic E-state index is 8.56. The molecule has 6 nitrogen and oxygen atoms in total. The van der Waals surface area contributed by atoms with E-state index < -0.39 is 17.1 Å². The van der Waals surface area contributed by atoms with Gasteiger partial charge >= 0.3 is 19.5 Å². The van der Waals surface area contributed by atoms with Gasteiger partial charge < -0.3 is 28.0 Å². The van der Waals surface area contributed by atoms with Gasteiger partial charge in [0, 0.05) is 11.0 Å². The van der Waals surface area contributed by atoms with Crippen molar-refractivity contribution in [2.75, 3.05) is 0 Å². The Kier molecular flexibility index (Phi) is 19.0. The first-order chi connectivity index (χ1) is 3.46. The summed E-state index contributed by atoms with van der Waals surface area (Å²) in [6.45, 7) is 0. The van der Waals surface area contributed by atoms with Crippen molar-refractivity contribution >= 4 is 17.1 Å². The third kappa shape index (κ3) is 6800. The van der Waals surface area contributed by atoms with Crippen LogP contribution >= 0.6 is 0 Å². The second-order valence-corrected chi connectivity index (χ2v) is 0.901. The molecular formula is CHO6SZn-. The zero-order valence-electron chi connectivity index (χ0n) is 4.10. The van der Waals surface area contributed by atoms with E-state index in [1.165, 1.54) is 0 Å². The number of carbonyl (C=O) groups is 1. The summed E-state index contributed by atoms with van der Waals surface area (Å²) in [5.74, 6) is 0. The molecular weight excluding hydrogens is 205 g/mol. The summed E-state index contributed by atoms with van der Waals surface area (Å²) in [4.78, 5) is 8.33. The van der Waals surface area contributed by atoms with E-state index in [1.807, 2.05) is 0 Å². The molecule has 0 heterocycles. The van der Waals surface area contributed by atoms with Crippen molar-refractivity contribution in [1.82, 2.24) is 0 Å². The van der Waals surface area contributed by atoms with Gasteiger partial charge in [-0.05, 0) is 6.16 Å². The number of rotatable bonds is 0. The molecule has 0 aromatic heterocycles. The number of carbonyl (C=O) groups excluding carboxylic acids is 1. The van der Waals surface area contributed by atoms with Crippen LogP contribution in [-0.4, -0.2) is 10.7 Å². The van der Waals surface area contributed by atoms with E-state index in [4.69, 9.17) is 28.0 Å². The van der Waals surface area contributed by atoms with Crippen LogP contribution in [0.3, 0.4) is 0 Å². The van der Waals surface area contributed by atoms with Crippen molar-refractivity contribution in [1.29, 1.82) is 0 Å². The van der Waals surface area contributed by atoms with Crippen LogP contribution in [0.5, 0.6) is 0 Å². The normalized spacial score (nSPS) is 6.44. The summed E-state index contributed by atoms with van der Waals surface area (Å²) >= 11 is 0. The van der Waals surface area contributed by atoms with Crippen LogP contribution in [0, 0.1) is 0 Å². The standard InChI is InChI=1S/CH2O3.HO3S.Zn/c2-1(3)4;1-4(2)3;/h(H2,2,3,4);(H,1,2,3);/q;-1;+2/p-2. The largest absolute Gasteiger partial charge is 2.00 e. The van der Waals surface area contributed by atoms with Gasteiger partial charge in [-0.2, -0.15) is 0 Å². The monoisotopic (exact) mass is 205 g/mol. The summed E-state index contributed by atoms with van der Waals surface area (Å²) in [5.41, 5.74) is 0. The number of carboxylic acid groups (broad SMARTS) is 2. The smallest absolute Gasteiger partial charge is 0.652 e. The Morgan fingerprint density at radius 3 is 1.33 bits per heavy atom. The summed E-state index contributed by atoms with van der Waals surface area (Å²) in [5, 5.41) is 16.7. The van der Waals surface area contributed by atoms with Crippen molar-refractivity contribution in [2.45, 2.75) is 0 Å². The molecule has 0 aliphatic rings. The van der Waals surface area contributed by atoms with Crippen LogP contribution in [0.1, 0.15) is 0 Å². The van der Waals surface area contributed by atoms with Gasteiger partial charge in [-0.3, -0.25) is 0 Å². The molecule has 0 aliphatic carbocycles. The zero-order chi connectivity index (χ0) is 7.15. The number of hydrogen-bond acceptors (Lipinski definition) is 6. The Labute approximate surface area is 65.0 Å². The summed E-state index contributed by atoms with van der Waals surface area (Å²) in [6, 6.07) is 0. The SMILES string of the molecule is O=C([O-])[O-].O=[S-](=O)O.[Zn+2]. The van der Waals surface area contributed by atoms with E-state index in [0.29, 0.717) is 0 Å². The van der Waals surface area contributed by atoms with E-state index in [1.54, 1.807) is 0 Å². The Bertz CT molecular complexity index is 115. The molecule has 0 fully saturated rings. The topological polar surface area (TPSA) is 118 Å². The molecule has 0 atom stereocenters. The molecule has 0 amide bonds. The van der Waals surface area contributed by atoms with Crippen LogP contribution in [0.15, 0.2) is 0 Å². The van der Waals surface area contributed by atoms with Crippen LogP contribution in [0.25, 0.3) is 0 Å². The third-order valence-electron chi connectivity index (χ3n) is 0. The van der Waals surface area contributed by atoms with Gasteiger partial charge in [-0.25, -0.2) is 0 Å². The molecule has 50 valence electrons. The van der Waals surface area contributed by atoms with E-state index in [-0.39, 0.29) is 19.5 Å². The van der Waals surface area contributed by atoms with Crippen molar-refractivity contribution in [3.8, 4) is 0 Å². The average Bonchev–Trinajstić information content (AvgIpc) is 1.25. The first-order valence-corrected chi connectivity index (χ1v) is 2.16. The molecule has 0 radical (unpaired) electrons. The van der Waals surface area contributed by atoms with Gasteiger partial charge in [0.2, 0.25) is 0 Å². The van der Waals surface area contributed by atoms with Gasteiger partial charge in [-0.1, -0.05) is 0 Å². The van der Waals surface area contributed by atoms with Crippen molar-refractivity contribution in [3.05, 3.63) is 0 Å². The molecule has 0 aromatic carbocycles. The maximum Gasteiger partial charge on any atom is 2.00 e. The second kappa shape index (κ2) is 10.7. The molecule has 0 bridgehead atoms. The number of hydrogen-bond donors (Lipinski definition) is 1. The molecule has 0 saturated heterocycles. The van der Waals surface area contributed by atoms with Gasteiger partial charge in [0.15, 0.2) is 0 Å². The van der Waals surface area contributed by atoms with Crippen molar-refractivity contribution in [2.24, 2.45) is 0 Å². The van der Waals surface area contributed by atoms with E-state index in [9.17, 15) is 0 Å². The fraction of sp³-hybridized carbons (Fsp3) is 0. The summed E-state index contributed by atoms with van der Waals surface area (Å²) < 4.78 is 24.1. The molecule has 1 N–H and O–H groups in total. The average molecular weight is 206 g/mol. The van der Waals surface area contributed by atoms with Crippen LogP contribution in [0.2, 0.25) is 0 Å². The third-order valence-corrected chi connectivity index (χ3v) is 0. The van der Waals surface area contributed by atoms with Gasteiger partial charge in [0.1, 0.15) is 0 Å². The molecule has 0 unspecified atom stereocenters. The molecule has 9 heavy (non-hydrogen) atoms. The van der Waals surface area contributed by atoms with Crippen LogP contribution in [0.4, 0.5) is 4.79 Å². The van der Waals surface area contributed by atoms with Crippen molar-refractivity contribution in [3.63, 3.8) is 0 Å².